The number of carbonyl (C=O) groups excluding carboxylic acids is 1. The molecule has 4 nitrogen and oxygen atoms in total. The van der Waals surface area contributed by atoms with Crippen molar-refractivity contribution in [1.29, 1.82) is 0 Å². The van der Waals surface area contributed by atoms with Gasteiger partial charge in [-0.3, -0.25) is 4.79 Å². The van der Waals surface area contributed by atoms with Crippen molar-refractivity contribution >= 4 is 5.91 Å². The first-order chi connectivity index (χ1) is 10.6. The van der Waals surface area contributed by atoms with Gasteiger partial charge in [0, 0.05) is 32.0 Å². The Morgan fingerprint density at radius 1 is 1.41 bits per heavy atom. The second kappa shape index (κ2) is 6.34. The van der Waals surface area contributed by atoms with Crippen LogP contribution in [0.4, 0.5) is 0 Å². The minimum absolute atomic E-state index is 0.0594. The Morgan fingerprint density at radius 2 is 2.27 bits per heavy atom. The molecule has 116 valence electrons. The Morgan fingerprint density at radius 3 is 3.05 bits per heavy atom. The van der Waals surface area contributed by atoms with Gasteiger partial charge in [-0.25, -0.2) is 4.98 Å². The summed E-state index contributed by atoms with van der Waals surface area (Å²) < 4.78 is 1.95. The van der Waals surface area contributed by atoms with Crippen LogP contribution in [0.5, 0.6) is 0 Å². The van der Waals surface area contributed by atoms with Gasteiger partial charge in [-0.15, -0.1) is 0 Å². The number of aromatic nitrogens is 2. The van der Waals surface area contributed by atoms with Crippen molar-refractivity contribution in [3.63, 3.8) is 0 Å². The molecule has 1 aliphatic heterocycles. The van der Waals surface area contributed by atoms with E-state index >= 15 is 0 Å². The molecule has 0 spiro atoms. The molecular weight excluding hydrogens is 274 g/mol. The molecule has 22 heavy (non-hydrogen) atoms. The van der Waals surface area contributed by atoms with Gasteiger partial charge in [-0.2, -0.15) is 0 Å². The molecule has 1 atom stereocenters. The van der Waals surface area contributed by atoms with Crippen LogP contribution in [0.1, 0.15) is 41.5 Å². The van der Waals surface area contributed by atoms with Crippen LogP contribution in [0.2, 0.25) is 0 Å². The predicted octanol–water partition coefficient (Wildman–Crippen LogP) is 3.11. The highest BCUT2D eigenvalue weighted by Crippen LogP contribution is 2.18. The Balaban J connectivity index is 1.78. The second-order valence-corrected chi connectivity index (χ2v) is 6.37. The van der Waals surface area contributed by atoms with Gasteiger partial charge in [0.1, 0.15) is 0 Å². The number of aryl methyl sites for hydroxylation is 1. The van der Waals surface area contributed by atoms with Crippen molar-refractivity contribution < 1.29 is 4.79 Å². The standard InChI is InChI=1S/C18H23N3O/c1-14-5-3-7-16(11-14)13-20-10-8-19-17(20)18(22)21-9-4-6-15(2)12-21/h3,5,7-8,10-11,15H,4,6,9,12-13H2,1-2H3/t15-/m1/s1. The van der Waals surface area contributed by atoms with Gasteiger partial charge in [0.05, 0.1) is 0 Å². The minimum Gasteiger partial charge on any atom is -0.336 e. The van der Waals surface area contributed by atoms with E-state index in [0.717, 1.165) is 19.5 Å². The molecule has 0 bridgehead atoms. The van der Waals surface area contributed by atoms with E-state index in [0.29, 0.717) is 18.3 Å². The Hall–Kier alpha value is -2.10. The van der Waals surface area contributed by atoms with Crippen LogP contribution in [0.25, 0.3) is 0 Å². The zero-order valence-electron chi connectivity index (χ0n) is 13.3. The summed E-state index contributed by atoms with van der Waals surface area (Å²) in [5, 5.41) is 0. The first kappa shape index (κ1) is 14.8. The molecule has 1 amide bonds. The highest BCUT2D eigenvalue weighted by atomic mass is 16.2. The SMILES string of the molecule is Cc1cccc(Cn2ccnc2C(=O)N2CCC[C@@H](C)C2)c1. The van der Waals surface area contributed by atoms with Crippen LogP contribution in [-0.4, -0.2) is 33.4 Å². The van der Waals surface area contributed by atoms with Crippen LogP contribution < -0.4 is 0 Å². The fourth-order valence-electron chi connectivity index (χ4n) is 3.16. The summed E-state index contributed by atoms with van der Waals surface area (Å²) in [6.07, 6.45) is 5.91. The number of hydrogen-bond donors (Lipinski definition) is 0. The fraction of sp³-hybridized carbons (Fsp3) is 0.444. The largest absolute Gasteiger partial charge is 0.336 e. The average molecular weight is 297 g/mol. The molecule has 0 saturated carbocycles. The topological polar surface area (TPSA) is 38.1 Å². The van der Waals surface area contributed by atoms with E-state index in [9.17, 15) is 4.79 Å². The number of amides is 1. The van der Waals surface area contributed by atoms with Crippen LogP contribution in [0.3, 0.4) is 0 Å². The molecule has 0 aliphatic carbocycles. The van der Waals surface area contributed by atoms with Gasteiger partial charge in [0.25, 0.3) is 5.91 Å². The molecule has 4 heteroatoms. The van der Waals surface area contributed by atoms with E-state index in [-0.39, 0.29) is 5.91 Å². The van der Waals surface area contributed by atoms with Crippen molar-refractivity contribution in [3.8, 4) is 0 Å². The van der Waals surface area contributed by atoms with Crippen LogP contribution >= 0.6 is 0 Å². The molecular formula is C18H23N3O. The highest BCUT2D eigenvalue weighted by Gasteiger charge is 2.24. The van der Waals surface area contributed by atoms with Gasteiger partial charge in [-0.1, -0.05) is 36.8 Å². The molecule has 1 aromatic heterocycles. The number of likely N-dealkylation sites (tertiary alicyclic amines) is 1. The summed E-state index contributed by atoms with van der Waals surface area (Å²) in [7, 11) is 0. The normalized spacial score (nSPS) is 18.5. The van der Waals surface area contributed by atoms with Crippen LogP contribution in [0, 0.1) is 12.8 Å². The van der Waals surface area contributed by atoms with Crippen LogP contribution in [-0.2, 0) is 6.54 Å². The minimum atomic E-state index is 0.0594. The van der Waals surface area contributed by atoms with Crippen molar-refractivity contribution in [2.75, 3.05) is 13.1 Å². The number of carbonyl (C=O) groups is 1. The third-order valence-electron chi connectivity index (χ3n) is 4.29. The Kier molecular flexibility index (Phi) is 4.27. The van der Waals surface area contributed by atoms with Crippen molar-refractivity contribution in [3.05, 3.63) is 53.6 Å². The Bertz CT molecular complexity index is 662. The molecule has 1 aromatic carbocycles. The second-order valence-electron chi connectivity index (χ2n) is 6.37. The lowest BCUT2D eigenvalue weighted by atomic mass is 10.0. The maximum Gasteiger partial charge on any atom is 0.289 e. The summed E-state index contributed by atoms with van der Waals surface area (Å²) in [5.41, 5.74) is 2.43. The van der Waals surface area contributed by atoms with Crippen molar-refractivity contribution in [2.45, 2.75) is 33.2 Å². The highest BCUT2D eigenvalue weighted by molar-refractivity contribution is 5.91. The summed E-state index contributed by atoms with van der Waals surface area (Å²) in [6, 6.07) is 8.37. The lowest BCUT2D eigenvalue weighted by Crippen LogP contribution is -2.40. The first-order valence-electron chi connectivity index (χ1n) is 7.99. The van der Waals surface area contributed by atoms with Gasteiger partial charge in [-0.05, 0) is 31.2 Å². The van der Waals surface area contributed by atoms with Gasteiger partial charge in [0.2, 0.25) is 0 Å². The molecule has 0 unspecified atom stereocenters. The molecule has 2 aromatic rings. The van der Waals surface area contributed by atoms with Crippen LogP contribution in [0.15, 0.2) is 36.7 Å². The maximum absolute atomic E-state index is 12.7. The van der Waals surface area contributed by atoms with Gasteiger partial charge >= 0.3 is 0 Å². The first-order valence-corrected chi connectivity index (χ1v) is 7.99. The average Bonchev–Trinajstić information content (AvgIpc) is 2.94. The van der Waals surface area contributed by atoms with Crippen molar-refractivity contribution in [2.24, 2.45) is 5.92 Å². The molecule has 1 saturated heterocycles. The lowest BCUT2D eigenvalue weighted by molar-refractivity contribution is 0.0666. The molecule has 1 fully saturated rings. The smallest absolute Gasteiger partial charge is 0.289 e. The summed E-state index contributed by atoms with van der Waals surface area (Å²) in [4.78, 5) is 19.0. The molecule has 2 heterocycles. The molecule has 0 N–H and O–H groups in total. The van der Waals surface area contributed by atoms with Gasteiger partial charge < -0.3 is 9.47 Å². The molecule has 3 rings (SSSR count). The van der Waals surface area contributed by atoms with E-state index in [1.54, 1.807) is 6.20 Å². The number of piperidine rings is 1. The van der Waals surface area contributed by atoms with E-state index in [4.69, 9.17) is 0 Å². The monoisotopic (exact) mass is 297 g/mol. The Labute approximate surface area is 131 Å². The van der Waals surface area contributed by atoms with E-state index in [2.05, 4.69) is 43.1 Å². The third-order valence-corrected chi connectivity index (χ3v) is 4.29. The van der Waals surface area contributed by atoms with E-state index < -0.39 is 0 Å². The number of benzene rings is 1. The fourth-order valence-corrected chi connectivity index (χ4v) is 3.16. The third kappa shape index (κ3) is 3.21. The lowest BCUT2D eigenvalue weighted by Gasteiger charge is -2.30. The zero-order valence-corrected chi connectivity index (χ0v) is 13.3. The number of hydrogen-bond acceptors (Lipinski definition) is 2. The molecule has 1 aliphatic rings. The summed E-state index contributed by atoms with van der Waals surface area (Å²) >= 11 is 0. The zero-order chi connectivity index (χ0) is 15.5. The van der Waals surface area contributed by atoms with Gasteiger partial charge in [0.15, 0.2) is 5.82 Å². The van der Waals surface area contributed by atoms with Crippen molar-refractivity contribution in [1.82, 2.24) is 14.5 Å². The quantitative estimate of drug-likeness (QED) is 0.873. The predicted molar refractivity (Wildman–Crippen MR) is 86.8 cm³/mol. The number of rotatable bonds is 3. The molecule has 0 radical (unpaired) electrons. The van der Waals surface area contributed by atoms with E-state index in [1.165, 1.54) is 17.5 Å². The maximum atomic E-state index is 12.7. The number of imidazole rings is 1. The summed E-state index contributed by atoms with van der Waals surface area (Å²) in [5.74, 6) is 1.19. The number of nitrogens with zero attached hydrogens (tertiary/aromatic N) is 3. The van der Waals surface area contributed by atoms with E-state index in [1.807, 2.05) is 15.7 Å². The summed E-state index contributed by atoms with van der Waals surface area (Å²) in [6.45, 7) is 6.67.